The molecule has 6 nitrogen and oxygen atoms in total. The van der Waals surface area contributed by atoms with Crippen LogP contribution < -0.4 is 15.2 Å². The maximum Gasteiger partial charge on any atom is 0.267 e. The van der Waals surface area contributed by atoms with Crippen LogP contribution >= 0.6 is 0 Å². The van der Waals surface area contributed by atoms with E-state index in [-0.39, 0.29) is 12.5 Å². The van der Waals surface area contributed by atoms with Crippen molar-refractivity contribution in [1.29, 1.82) is 0 Å². The number of carbonyl (C=O) groups is 1. The molecule has 2 aliphatic heterocycles. The van der Waals surface area contributed by atoms with E-state index in [0.29, 0.717) is 6.61 Å². The SMILES string of the molecule is O=C1COC(c2ccccc2OCCCN2CCCCC2)NN1c1ccccc1. The number of carbonyl (C=O) groups excluding carboxylic acids is 1. The van der Waals surface area contributed by atoms with Gasteiger partial charge in [-0.25, -0.2) is 5.01 Å². The van der Waals surface area contributed by atoms with Gasteiger partial charge < -0.3 is 14.4 Å². The van der Waals surface area contributed by atoms with Gasteiger partial charge in [-0.2, -0.15) is 5.43 Å². The third-order valence-electron chi connectivity index (χ3n) is 5.41. The molecule has 1 N–H and O–H groups in total. The molecule has 6 heteroatoms. The Morgan fingerprint density at radius 3 is 2.59 bits per heavy atom. The number of piperidine rings is 1. The third kappa shape index (κ3) is 5.15. The normalized spacial score (nSPS) is 20.6. The second-order valence-electron chi connectivity index (χ2n) is 7.53. The van der Waals surface area contributed by atoms with Gasteiger partial charge in [0.05, 0.1) is 12.3 Å². The van der Waals surface area contributed by atoms with Gasteiger partial charge in [-0.1, -0.05) is 42.8 Å². The Kier molecular flexibility index (Phi) is 6.77. The highest BCUT2D eigenvalue weighted by atomic mass is 16.5. The lowest BCUT2D eigenvalue weighted by Gasteiger charge is -2.34. The lowest BCUT2D eigenvalue weighted by molar-refractivity contribution is -0.133. The first-order valence-electron chi connectivity index (χ1n) is 10.5. The van der Waals surface area contributed by atoms with Crippen LogP contribution in [0.3, 0.4) is 0 Å². The van der Waals surface area contributed by atoms with Crippen LogP contribution in [-0.2, 0) is 9.53 Å². The van der Waals surface area contributed by atoms with Crippen LogP contribution in [0.4, 0.5) is 5.69 Å². The summed E-state index contributed by atoms with van der Waals surface area (Å²) in [4.78, 5) is 14.8. The van der Waals surface area contributed by atoms with Gasteiger partial charge in [0.15, 0.2) is 6.23 Å². The maximum atomic E-state index is 12.3. The molecule has 154 valence electrons. The van der Waals surface area contributed by atoms with Crippen molar-refractivity contribution in [3.8, 4) is 5.75 Å². The number of hydrogen-bond donors (Lipinski definition) is 1. The van der Waals surface area contributed by atoms with E-state index < -0.39 is 6.23 Å². The summed E-state index contributed by atoms with van der Waals surface area (Å²) in [6.45, 7) is 4.19. The number of likely N-dealkylation sites (tertiary alicyclic amines) is 1. The molecule has 0 aliphatic carbocycles. The molecule has 2 saturated heterocycles. The minimum atomic E-state index is -0.439. The van der Waals surface area contributed by atoms with Crippen molar-refractivity contribution in [2.45, 2.75) is 31.9 Å². The number of hydrazine groups is 1. The van der Waals surface area contributed by atoms with Crippen molar-refractivity contribution in [3.63, 3.8) is 0 Å². The molecule has 1 unspecified atom stereocenters. The van der Waals surface area contributed by atoms with E-state index in [1.165, 1.54) is 32.4 Å². The fourth-order valence-electron chi connectivity index (χ4n) is 3.88. The topological polar surface area (TPSA) is 54.0 Å². The van der Waals surface area contributed by atoms with Gasteiger partial charge >= 0.3 is 0 Å². The Bertz CT molecular complexity index is 793. The smallest absolute Gasteiger partial charge is 0.267 e. The van der Waals surface area contributed by atoms with E-state index in [1.54, 1.807) is 5.01 Å². The molecule has 0 saturated carbocycles. The van der Waals surface area contributed by atoms with Crippen molar-refractivity contribution < 1.29 is 14.3 Å². The van der Waals surface area contributed by atoms with Crippen molar-refractivity contribution in [3.05, 3.63) is 60.2 Å². The Balaban J connectivity index is 1.37. The summed E-state index contributed by atoms with van der Waals surface area (Å²) in [5, 5.41) is 1.56. The molecular weight excluding hydrogens is 366 g/mol. The summed E-state index contributed by atoms with van der Waals surface area (Å²) in [7, 11) is 0. The monoisotopic (exact) mass is 395 g/mol. The second-order valence-corrected chi connectivity index (χ2v) is 7.53. The van der Waals surface area contributed by atoms with Gasteiger partial charge in [-0.15, -0.1) is 0 Å². The van der Waals surface area contributed by atoms with Crippen molar-refractivity contribution in [2.24, 2.45) is 0 Å². The zero-order valence-electron chi connectivity index (χ0n) is 16.8. The number of amides is 1. The van der Waals surface area contributed by atoms with Crippen LogP contribution in [0.1, 0.15) is 37.5 Å². The van der Waals surface area contributed by atoms with E-state index in [9.17, 15) is 4.79 Å². The zero-order valence-corrected chi connectivity index (χ0v) is 16.8. The highest BCUT2D eigenvalue weighted by molar-refractivity contribution is 5.93. The second kappa shape index (κ2) is 9.87. The minimum Gasteiger partial charge on any atom is -0.493 e. The van der Waals surface area contributed by atoms with E-state index in [1.807, 2.05) is 54.6 Å². The predicted octanol–water partition coefficient (Wildman–Crippen LogP) is 3.51. The zero-order chi connectivity index (χ0) is 19.9. The van der Waals surface area contributed by atoms with E-state index >= 15 is 0 Å². The number of nitrogens with one attached hydrogen (secondary N) is 1. The summed E-state index contributed by atoms with van der Waals surface area (Å²) < 4.78 is 11.9. The largest absolute Gasteiger partial charge is 0.493 e. The first-order chi connectivity index (χ1) is 14.3. The van der Waals surface area contributed by atoms with Crippen molar-refractivity contribution >= 4 is 11.6 Å². The van der Waals surface area contributed by atoms with Gasteiger partial charge in [0.1, 0.15) is 12.4 Å². The predicted molar refractivity (Wildman–Crippen MR) is 113 cm³/mol. The van der Waals surface area contributed by atoms with Crippen LogP contribution in [0.25, 0.3) is 0 Å². The van der Waals surface area contributed by atoms with Crippen LogP contribution in [0.2, 0.25) is 0 Å². The molecule has 29 heavy (non-hydrogen) atoms. The summed E-state index contributed by atoms with van der Waals surface area (Å²) >= 11 is 0. The first kappa shape index (κ1) is 19.9. The number of rotatable bonds is 7. The Morgan fingerprint density at radius 2 is 1.76 bits per heavy atom. The summed E-state index contributed by atoms with van der Waals surface area (Å²) in [6.07, 6.45) is 4.54. The molecule has 0 radical (unpaired) electrons. The summed E-state index contributed by atoms with van der Waals surface area (Å²) in [6, 6.07) is 17.4. The molecule has 2 aromatic carbocycles. The van der Waals surface area contributed by atoms with Crippen LogP contribution in [0.15, 0.2) is 54.6 Å². The maximum absolute atomic E-state index is 12.3. The van der Waals surface area contributed by atoms with Crippen LogP contribution in [0, 0.1) is 0 Å². The van der Waals surface area contributed by atoms with Gasteiger partial charge in [-0.05, 0) is 50.6 Å². The number of ether oxygens (including phenoxy) is 2. The van der Waals surface area contributed by atoms with Gasteiger partial charge in [0.2, 0.25) is 0 Å². The number of nitrogens with zero attached hydrogens (tertiary/aromatic N) is 2. The molecular formula is C23H29N3O3. The van der Waals surface area contributed by atoms with Gasteiger partial charge in [0.25, 0.3) is 5.91 Å². The molecule has 0 bridgehead atoms. The van der Waals surface area contributed by atoms with Crippen molar-refractivity contribution in [1.82, 2.24) is 10.3 Å². The molecule has 2 heterocycles. The van der Waals surface area contributed by atoms with Gasteiger partial charge in [0, 0.05) is 12.1 Å². The number of anilines is 1. The quantitative estimate of drug-likeness (QED) is 0.727. The highest BCUT2D eigenvalue weighted by Crippen LogP contribution is 2.29. The molecule has 1 amide bonds. The summed E-state index contributed by atoms with van der Waals surface area (Å²) in [5.74, 6) is 0.679. The van der Waals surface area contributed by atoms with E-state index in [2.05, 4.69) is 10.3 Å². The Morgan fingerprint density at radius 1 is 1.00 bits per heavy atom. The molecule has 2 fully saturated rings. The third-order valence-corrected chi connectivity index (χ3v) is 5.41. The van der Waals surface area contributed by atoms with E-state index in [0.717, 1.165) is 30.0 Å². The fourth-order valence-corrected chi connectivity index (χ4v) is 3.88. The molecule has 0 aromatic heterocycles. The van der Waals surface area contributed by atoms with Crippen LogP contribution in [-0.4, -0.2) is 43.7 Å². The van der Waals surface area contributed by atoms with Gasteiger partial charge in [-0.3, -0.25) is 4.79 Å². The average molecular weight is 396 g/mol. The first-order valence-corrected chi connectivity index (χ1v) is 10.5. The standard InChI is InChI=1S/C23H29N3O3/c27-22-18-29-23(24-26(22)19-10-3-1-4-11-19)20-12-5-6-13-21(20)28-17-9-16-25-14-7-2-8-15-25/h1,3-6,10-13,23-24H,2,7-9,14-18H2. The number of benzene rings is 2. The number of hydrogen-bond acceptors (Lipinski definition) is 5. The summed E-state index contributed by atoms with van der Waals surface area (Å²) in [5.41, 5.74) is 4.89. The highest BCUT2D eigenvalue weighted by Gasteiger charge is 2.29. The lowest BCUT2D eigenvalue weighted by Crippen LogP contribution is -2.52. The molecule has 2 aromatic rings. The average Bonchev–Trinajstić information content (AvgIpc) is 2.79. The van der Waals surface area contributed by atoms with Crippen molar-refractivity contribution in [2.75, 3.05) is 37.9 Å². The van der Waals surface area contributed by atoms with E-state index in [4.69, 9.17) is 9.47 Å². The fraction of sp³-hybridized carbons (Fsp3) is 0.435. The Labute approximate surface area is 172 Å². The molecule has 1 atom stereocenters. The molecule has 4 rings (SSSR count). The molecule has 0 spiro atoms. The van der Waals surface area contributed by atoms with Crippen LogP contribution in [0.5, 0.6) is 5.75 Å². The molecule has 2 aliphatic rings. The number of para-hydroxylation sites is 2. The lowest BCUT2D eigenvalue weighted by atomic mass is 10.1. The Hall–Kier alpha value is -2.41. The minimum absolute atomic E-state index is 0.0237.